The average Bonchev–Trinajstić information content (AvgIpc) is 2.19. The number of carbonyl (C=O) groups is 2. The number of ether oxygens (including phenoxy) is 1. The maximum atomic E-state index is 11.3. The van der Waals surface area contributed by atoms with E-state index in [9.17, 15) is 9.59 Å². The van der Waals surface area contributed by atoms with Crippen molar-refractivity contribution in [3.05, 3.63) is 30.3 Å². The van der Waals surface area contributed by atoms with Gasteiger partial charge in [0.1, 0.15) is 5.75 Å². The minimum absolute atomic E-state index is 0.316. The summed E-state index contributed by atoms with van der Waals surface area (Å²) < 4.78 is 4.84. The van der Waals surface area contributed by atoms with Gasteiger partial charge in [-0.15, -0.1) is 11.7 Å². The molecule has 0 radical (unpaired) electrons. The van der Waals surface area contributed by atoms with Crippen LogP contribution in [0.15, 0.2) is 30.3 Å². The first-order chi connectivity index (χ1) is 7.15. The van der Waals surface area contributed by atoms with Crippen LogP contribution in [0.4, 0.5) is 0 Å². The molecule has 1 aromatic carbocycles. The predicted octanol–water partition coefficient (Wildman–Crippen LogP) is 1.62. The van der Waals surface area contributed by atoms with Crippen LogP contribution in [0.5, 0.6) is 5.75 Å². The lowest BCUT2D eigenvalue weighted by Crippen LogP contribution is -2.29. The Morgan fingerprint density at radius 2 is 1.93 bits per heavy atom. The lowest BCUT2D eigenvalue weighted by Gasteiger charge is -2.08. The Morgan fingerprint density at radius 3 is 2.40 bits per heavy atom. The van der Waals surface area contributed by atoms with Gasteiger partial charge < -0.3 is 9.84 Å². The van der Waals surface area contributed by atoms with Crippen LogP contribution in [0, 0.1) is 0 Å². The molecule has 15 heavy (non-hydrogen) atoms. The molecule has 0 heterocycles. The van der Waals surface area contributed by atoms with E-state index in [-0.39, 0.29) is 0 Å². The molecule has 0 aromatic heterocycles. The molecular weight excluding hydrogens is 236 g/mol. The molecule has 0 aliphatic carbocycles. The quantitative estimate of drug-likeness (QED) is 0.277. The third kappa shape index (κ3) is 3.49. The van der Waals surface area contributed by atoms with Crippen molar-refractivity contribution in [3.8, 4) is 5.75 Å². The SMILES string of the molecule is O=C(O)C(SS)C(=O)Oc1ccccc1. The Morgan fingerprint density at radius 1 is 1.33 bits per heavy atom. The minimum Gasteiger partial charge on any atom is -0.480 e. The summed E-state index contributed by atoms with van der Waals surface area (Å²) in [4.78, 5) is 21.9. The average molecular weight is 244 g/mol. The maximum absolute atomic E-state index is 11.3. The summed E-state index contributed by atoms with van der Waals surface area (Å²) in [5.41, 5.74) is 0. The van der Waals surface area contributed by atoms with Gasteiger partial charge in [0.2, 0.25) is 5.25 Å². The van der Waals surface area contributed by atoms with Gasteiger partial charge in [0.15, 0.2) is 0 Å². The lowest BCUT2D eigenvalue weighted by atomic mass is 10.3. The molecular formula is C9H8O4S2. The van der Waals surface area contributed by atoms with Crippen molar-refractivity contribution in [1.82, 2.24) is 0 Å². The predicted molar refractivity (Wildman–Crippen MR) is 60.1 cm³/mol. The molecule has 6 heteroatoms. The number of thiol groups is 1. The fraction of sp³-hybridized carbons (Fsp3) is 0.111. The van der Waals surface area contributed by atoms with Crippen LogP contribution in [0.1, 0.15) is 0 Å². The summed E-state index contributed by atoms with van der Waals surface area (Å²) in [6, 6.07) is 8.28. The van der Waals surface area contributed by atoms with E-state index < -0.39 is 17.2 Å². The second-order valence-electron chi connectivity index (χ2n) is 2.56. The molecule has 1 unspecified atom stereocenters. The van der Waals surface area contributed by atoms with Crippen molar-refractivity contribution in [2.45, 2.75) is 5.25 Å². The van der Waals surface area contributed by atoms with Gasteiger partial charge >= 0.3 is 11.9 Å². The highest BCUT2D eigenvalue weighted by atomic mass is 33.1. The molecule has 0 saturated carbocycles. The summed E-state index contributed by atoms with van der Waals surface area (Å²) in [6.07, 6.45) is 0. The molecule has 1 atom stereocenters. The molecule has 1 rings (SSSR count). The molecule has 1 N–H and O–H groups in total. The van der Waals surface area contributed by atoms with Gasteiger partial charge in [-0.25, -0.2) is 4.79 Å². The molecule has 4 nitrogen and oxygen atoms in total. The van der Waals surface area contributed by atoms with E-state index in [0.29, 0.717) is 16.5 Å². The number of esters is 1. The van der Waals surface area contributed by atoms with Gasteiger partial charge in [-0.2, -0.15) is 0 Å². The first kappa shape index (κ1) is 11.9. The number of aliphatic carboxylic acids is 1. The van der Waals surface area contributed by atoms with Crippen LogP contribution in [0.2, 0.25) is 0 Å². The number of carboxylic acid groups (broad SMARTS) is 1. The molecule has 0 aliphatic heterocycles. The van der Waals surface area contributed by atoms with Gasteiger partial charge in [0.05, 0.1) is 0 Å². The second kappa shape index (κ2) is 5.67. The van der Waals surface area contributed by atoms with E-state index in [1.807, 2.05) is 0 Å². The fourth-order valence-corrected chi connectivity index (χ4v) is 1.60. The van der Waals surface area contributed by atoms with E-state index in [1.54, 1.807) is 30.3 Å². The van der Waals surface area contributed by atoms with Crippen molar-refractivity contribution < 1.29 is 19.4 Å². The van der Waals surface area contributed by atoms with E-state index in [0.717, 1.165) is 0 Å². The van der Waals surface area contributed by atoms with Crippen molar-refractivity contribution in [2.75, 3.05) is 0 Å². The largest absolute Gasteiger partial charge is 0.480 e. The van der Waals surface area contributed by atoms with E-state index in [4.69, 9.17) is 9.84 Å². The van der Waals surface area contributed by atoms with Crippen molar-refractivity contribution in [2.24, 2.45) is 0 Å². The monoisotopic (exact) mass is 244 g/mol. The zero-order valence-corrected chi connectivity index (χ0v) is 9.20. The van der Waals surface area contributed by atoms with Gasteiger partial charge in [-0.05, 0) is 12.1 Å². The highest BCUT2D eigenvalue weighted by Crippen LogP contribution is 2.18. The molecule has 0 bridgehead atoms. The van der Waals surface area contributed by atoms with E-state index in [1.165, 1.54) is 0 Å². The molecule has 0 spiro atoms. The van der Waals surface area contributed by atoms with E-state index in [2.05, 4.69) is 11.7 Å². The standard InChI is InChI=1S/C9H8O4S2/c10-8(11)7(15-14)9(12)13-6-4-2-1-3-5-6/h1-5,7,14H,(H,10,11). The molecule has 1 aromatic rings. The molecule has 0 saturated heterocycles. The minimum atomic E-state index is -1.31. The van der Waals surface area contributed by atoms with Crippen molar-refractivity contribution in [1.29, 1.82) is 0 Å². The van der Waals surface area contributed by atoms with E-state index >= 15 is 0 Å². The Bertz CT molecular complexity index is 352. The Kier molecular flexibility index (Phi) is 4.51. The molecule has 0 aliphatic rings. The Balaban J connectivity index is 2.66. The number of para-hydroxylation sites is 1. The number of benzene rings is 1. The van der Waals surface area contributed by atoms with Crippen LogP contribution in [0.3, 0.4) is 0 Å². The van der Waals surface area contributed by atoms with Gasteiger partial charge in [-0.1, -0.05) is 29.0 Å². The fourth-order valence-electron chi connectivity index (χ4n) is 0.847. The third-order valence-electron chi connectivity index (χ3n) is 1.51. The summed E-state index contributed by atoms with van der Waals surface area (Å²) in [5, 5.41) is 7.34. The third-order valence-corrected chi connectivity index (χ3v) is 2.74. The topological polar surface area (TPSA) is 63.6 Å². The number of hydrogen-bond acceptors (Lipinski definition) is 5. The van der Waals surface area contributed by atoms with Crippen LogP contribution >= 0.6 is 22.5 Å². The molecule has 0 fully saturated rings. The van der Waals surface area contributed by atoms with Crippen LogP contribution in [0.25, 0.3) is 0 Å². The first-order valence-corrected chi connectivity index (χ1v) is 5.88. The van der Waals surface area contributed by atoms with Gasteiger partial charge in [0, 0.05) is 0 Å². The summed E-state index contributed by atoms with van der Waals surface area (Å²) in [7, 11) is 0.626. The van der Waals surface area contributed by atoms with Crippen molar-refractivity contribution in [3.63, 3.8) is 0 Å². The Hall–Kier alpha value is -1.14. The van der Waals surface area contributed by atoms with Gasteiger partial charge in [0.25, 0.3) is 0 Å². The zero-order valence-electron chi connectivity index (χ0n) is 7.49. The number of hydrogen-bond donors (Lipinski definition) is 2. The highest BCUT2D eigenvalue weighted by Gasteiger charge is 2.27. The highest BCUT2D eigenvalue weighted by molar-refractivity contribution is 8.69. The summed E-state index contributed by atoms with van der Waals surface area (Å²) in [6.45, 7) is 0. The second-order valence-corrected chi connectivity index (χ2v) is 3.87. The molecule has 80 valence electrons. The Labute approximate surface area is 95.4 Å². The summed E-state index contributed by atoms with van der Waals surface area (Å²) in [5.74, 6) is -1.79. The number of rotatable bonds is 4. The maximum Gasteiger partial charge on any atom is 0.336 e. The van der Waals surface area contributed by atoms with Crippen LogP contribution in [-0.4, -0.2) is 22.3 Å². The van der Waals surface area contributed by atoms with Crippen LogP contribution < -0.4 is 4.74 Å². The van der Waals surface area contributed by atoms with Gasteiger partial charge in [-0.3, -0.25) is 4.79 Å². The smallest absolute Gasteiger partial charge is 0.336 e. The first-order valence-electron chi connectivity index (χ1n) is 3.95. The molecule has 0 amide bonds. The number of carbonyl (C=O) groups excluding carboxylic acids is 1. The summed E-state index contributed by atoms with van der Waals surface area (Å²) >= 11 is 3.70. The lowest BCUT2D eigenvalue weighted by molar-refractivity contribution is -0.144. The normalized spacial score (nSPS) is 11.8. The zero-order chi connectivity index (χ0) is 11.3. The number of carboxylic acids is 1. The van der Waals surface area contributed by atoms with Crippen LogP contribution in [-0.2, 0) is 9.59 Å². The van der Waals surface area contributed by atoms with Crippen molar-refractivity contribution >= 4 is 34.4 Å².